The van der Waals surface area contributed by atoms with Crippen LogP contribution in [0.2, 0.25) is 0 Å². The lowest BCUT2D eigenvalue weighted by Gasteiger charge is -2.38. The van der Waals surface area contributed by atoms with Gasteiger partial charge >= 0.3 is 11.9 Å². The van der Waals surface area contributed by atoms with Crippen molar-refractivity contribution in [3.8, 4) is 0 Å². The van der Waals surface area contributed by atoms with Crippen molar-refractivity contribution in [3.63, 3.8) is 0 Å². The van der Waals surface area contributed by atoms with Gasteiger partial charge in [-0.2, -0.15) is 0 Å². The highest BCUT2D eigenvalue weighted by atomic mass is 16.4. The van der Waals surface area contributed by atoms with Gasteiger partial charge in [-0.15, -0.1) is 0 Å². The SMILES string of the molecule is CC1CC(=O)CC(C)N1Cc1ccccc1.NCc1ccccc1.O=C(O)CC(=O)CC(=O)O. The molecule has 34 heavy (non-hydrogen) atoms. The van der Waals surface area contributed by atoms with Crippen LogP contribution < -0.4 is 5.73 Å². The van der Waals surface area contributed by atoms with Crippen molar-refractivity contribution in [3.05, 3.63) is 71.8 Å². The first kappa shape index (κ1) is 28.7. The van der Waals surface area contributed by atoms with E-state index in [-0.39, 0.29) is 0 Å². The molecule has 1 saturated heterocycles. The molecule has 184 valence electrons. The summed E-state index contributed by atoms with van der Waals surface area (Å²) in [6.07, 6.45) is -0.0209. The fraction of sp³-hybridized carbons (Fsp3) is 0.385. The van der Waals surface area contributed by atoms with Crippen LogP contribution in [0.3, 0.4) is 0 Å². The number of hydrogen-bond acceptors (Lipinski definition) is 6. The highest BCUT2D eigenvalue weighted by Gasteiger charge is 2.29. The van der Waals surface area contributed by atoms with Gasteiger partial charge in [0.05, 0.1) is 0 Å². The van der Waals surface area contributed by atoms with Crippen molar-refractivity contribution in [1.82, 2.24) is 4.90 Å². The van der Waals surface area contributed by atoms with Gasteiger partial charge in [0.2, 0.25) is 0 Å². The minimum Gasteiger partial charge on any atom is -0.481 e. The number of aliphatic carboxylic acids is 2. The molecule has 3 rings (SSSR count). The third-order valence-corrected chi connectivity index (χ3v) is 5.16. The minimum atomic E-state index is -1.30. The lowest BCUT2D eigenvalue weighted by molar-refractivity contribution is -0.143. The summed E-state index contributed by atoms with van der Waals surface area (Å²) in [6.45, 7) is 5.89. The number of Topliss-reactive ketones (excluding diaryl/α,β-unsaturated/α-hetero) is 2. The number of carboxylic acids is 2. The Kier molecular flexibility index (Phi) is 13.0. The summed E-state index contributed by atoms with van der Waals surface area (Å²) in [5.74, 6) is -2.98. The van der Waals surface area contributed by atoms with Gasteiger partial charge in [-0.25, -0.2) is 0 Å². The zero-order valence-corrected chi connectivity index (χ0v) is 19.7. The molecule has 8 heteroatoms. The first-order chi connectivity index (χ1) is 16.1. The number of carbonyl (C=O) groups excluding carboxylic acids is 2. The van der Waals surface area contributed by atoms with Crippen LogP contribution in [0.15, 0.2) is 60.7 Å². The molecule has 2 unspecified atom stereocenters. The first-order valence-corrected chi connectivity index (χ1v) is 11.1. The number of rotatable bonds is 7. The van der Waals surface area contributed by atoms with Crippen LogP contribution in [0.5, 0.6) is 0 Å². The van der Waals surface area contributed by atoms with Crippen LogP contribution >= 0.6 is 0 Å². The van der Waals surface area contributed by atoms with Crippen LogP contribution in [0.1, 0.15) is 50.7 Å². The molecule has 0 aliphatic carbocycles. The lowest BCUT2D eigenvalue weighted by Crippen LogP contribution is -2.46. The molecule has 1 aliphatic heterocycles. The number of carbonyl (C=O) groups is 4. The molecule has 2 aromatic rings. The number of nitrogens with zero attached hydrogens (tertiary/aromatic N) is 1. The van der Waals surface area contributed by atoms with Gasteiger partial charge < -0.3 is 15.9 Å². The Hall–Kier alpha value is -3.36. The Morgan fingerprint density at radius 2 is 1.24 bits per heavy atom. The van der Waals surface area contributed by atoms with E-state index in [1.807, 2.05) is 36.4 Å². The molecule has 0 saturated carbocycles. The molecule has 1 aliphatic rings. The molecule has 0 radical (unpaired) electrons. The predicted octanol–water partition coefficient (Wildman–Crippen LogP) is 3.28. The van der Waals surface area contributed by atoms with Gasteiger partial charge in [-0.3, -0.25) is 24.1 Å². The van der Waals surface area contributed by atoms with Gasteiger partial charge in [-0.05, 0) is 25.0 Å². The molecule has 1 fully saturated rings. The Morgan fingerprint density at radius 1 is 0.824 bits per heavy atom. The summed E-state index contributed by atoms with van der Waals surface area (Å²) in [6, 6.07) is 21.2. The highest BCUT2D eigenvalue weighted by Crippen LogP contribution is 2.22. The van der Waals surface area contributed by atoms with Crippen molar-refractivity contribution in [2.45, 2.75) is 64.7 Å². The lowest BCUT2D eigenvalue weighted by atomic mass is 9.95. The van der Waals surface area contributed by atoms with E-state index >= 15 is 0 Å². The van der Waals surface area contributed by atoms with Gasteiger partial charge in [0.25, 0.3) is 0 Å². The Bertz CT molecular complexity index is 885. The number of likely N-dealkylation sites (tertiary alicyclic amines) is 1. The Balaban J connectivity index is 0.000000277. The summed E-state index contributed by atoms with van der Waals surface area (Å²) in [7, 11) is 0. The van der Waals surface area contributed by atoms with Crippen molar-refractivity contribution in [2.24, 2.45) is 5.73 Å². The largest absolute Gasteiger partial charge is 0.481 e. The zero-order valence-electron chi connectivity index (χ0n) is 19.7. The maximum Gasteiger partial charge on any atom is 0.310 e. The van der Waals surface area contributed by atoms with Crippen molar-refractivity contribution >= 4 is 23.5 Å². The summed E-state index contributed by atoms with van der Waals surface area (Å²) in [5, 5.41) is 16.0. The topological polar surface area (TPSA) is 138 Å². The van der Waals surface area contributed by atoms with Crippen LogP contribution in [-0.4, -0.2) is 50.7 Å². The second-order valence-corrected chi connectivity index (χ2v) is 8.17. The number of piperidine rings is 1. The fourth-order valence-corrected chi connectivity index (χ4v) is 3.53. The Labute approximate surface area is 200 Å². The van der Waals surface area contributed by atoms with E-state index in [1.165, 1.54) is 11.1 Å². The number of carboxylic acid groups (broad SMARTS) is 2. The summed E-state index contributed by atoms with van der Waals surface area (Å²) < 4.78 is 0. The molecule has 2 atom stereocenters. The van der Waals surface area contributed by atoms with Crippen molar-refractivity contribution in [2.75, 3.05) is 0 Å². The van der Waals surface area contributed by atoms with Gasteiger partial charge in [0, 0.05) is 38.0 Å². The van der Waals surface area contributed by atoms with E-state index in [2.05, 4.69) is 43.0 Å². The standard InChI is InChI=1S/C14H19NO.C7H9N.C5H6O5/c1-11-8-14(16)9-12(2)15(11)10-13-6-4-3-5-7-13;8-6-7-4-2-1-3-5-7;6-3(1-4(7)8)2-5(9)10/h3-7,11-12H,8-10H2,1-2H3;1-5H,6,8H2;1-2H2,(H,7,8)(H,9,10). The average Bonchev–Trinajstić information content (AvgIpc) is 2.77. The molecule has 1 heterocycles. The molecule has 4 N–H and O–H groups in total. The molecular formula is C26H34N2O6. The molecule has 0 bridgehead atoms. The maximum atomic E-state index is 11.5. The summed E-state index contributed by atoms with van der Waals surface area (Å²) >= 11 is 0. The van der Waals surface area contributed by atoms with Crippen molar-refractivity contribution in [1.29, 1.82) is 0 Å². The van der Waals surface area contributed by atoms with E-state index in [1.54, 1.807) is 0 Å². The van der Waals surface area contributed by atoms with Gasteiger partial charge in [-0.1, -0.05) is 60.7 Å². The smallest absolute Gasteiger partial charge is 0.310 e. The first-order valence-electron chi connectivity index (χ1n) is 11.1. The van der Waals surface area contributed by atoms with E-state index in [9.17, 15) is 19.2 Å². The predicted molar refractivity (Wildman–Crippen MR) is 129 cm³/mol. The second-order valence-electron chi connectivity index (χ2n) is 8.17. The van der Waals surface area contributed by atoms with Crippen LogP contribution in [0, 0.1) is 0 Å². The van der Waals surface area contributed by atoms with E-state index in [4.69, 9.17) is 15.9 Å². The number of hydrogen-bond donors (Lipinski definition) is 3. The second kappa shape index (κ2) is 15.5. The molecule has 0 spiro atoms. The molecular weight excluding hydrogens is 436 g/mol. The highest BCUT2D eigenvalue weighted by molar-refractivity contribution is 6.02. The van der Waals surface area contributed by atoms with Crippen LogP contribution in [0.25, 0.3) is 0 Å². The number of nitrogens with two attached hydrogens (primary N) is 1. The quantitative estimate of drug-likeness (QED) is 0.524. The average molecular weight is 471 g/mol. The van der Waals surface area contributed by atoms with Crippen molar-refractivity contribution < 1.29 is 29.4 Å². The normalized spacial score (nSPS) is 17.4. The number of ketones is 2. The summed E-state index contributed by atoms with van der Waals surface area (Å²) in [5.41, 5.74) is 7.87. The molecule has 0 amide bonds. The third-order valence-electron chi connectivity index (χ3n) is 5.16. The Morgan fingerprint density at radius 3 is 1.59 bits per heavy atom. The van der Waals surface area contributed by atoms with E-state index in [0.717, 1.165) is 6.54 Å². The molecule has 2 aromatic carbocycles. The zero-order chi connectivity index (χ0) is 25.5. The number of benzene rings is 2. The van der Waals surface area contributed by atoms with Gasteiger partial charge in [0.15, 0.2) is 5.78 Å². The maximum absolute atomic E-state index is 11.5. The van der Waals surface area contributed by atoms with Crippen LogP contribution in [0.4, 0.5) is 0 Å². The molecule has 8 nitrogen and oxygen atoms in total. The van der Waals surface area contributed by atoms with Gasteiger partial charge in [0.1, 0.15) is 18.6 Å². The fourth-order valence-electron chi connectivity index (χ4n) is 3.53. The monoisotopic (exact) mass is 470 g/mol. The minimum absolute atomic E-state index is 0.372. The van der Waals surface area contributed by atoms with E-state index in [0.29, 0.717) is 37.3 Å². The van der Waals surface area contributed by atoms with E-state index < -0.39 is 30.6 Å². The van der Waals surface area contributed by atoms with Crippen LogP contribution in [-0.2, 0) is 32.3 Å². The summed E-state index contributed by atoms with van der Waals surface area (Å²) in [4.78, 5) is 43.7. The molecule has 0 aromatic heterocycles. The third kappa shape index (κ3) is 12.0.